The summed E-state index contributed by atoms with van der Waals surface area (Å²) >= 11 is 0. The molecule has 0 aliphatic rings. The number of rotatable bonds is 21. The van der Waals surface area contributed by atoms with Crippen molar-refractivity contribution < 1.29 is 22.9 Å². The molecule has 3 aromatic carbocycles. The number of nitrogens with zero attached hydrogens (tertiary/aromatic N) is 1. The van der Waals surface area contributed by atoms with E-state index in [9.17, 15) is 22.9 Å². The van der Waals surface area contributed by atoms with Crippen LogP contribution in [0.15, 0.2) is 59.5 Å². The summed E-state index contributed by atoms with van der Waals surface area (Å²) in [5, 5.41) is 14.9. The average Bonchev–Trinajstić information content (AvgIpc) is 3.00. The minimum absolute atomic E-state index is 0. The van der Waals surface area contributed by atoms with Crippen LogP contribution >= 0.6 is 0 Å². The maximum absolute atomic E-state index is 13.2. The van der Waals surface area contributed by atoms with E-state index in [0.717, 1.165) is 24.8 Å². The first kappa shape index (κ1) is 39.7. The molecule has 3 aromatic rings. The van der Waals surface area contributed by atoms with Gasteiger partial charge in [-0.25, -0.2) is 0 Å². The Hall–Kier alpha value is -1.46. The van der Waals surface area contributed by atoms with Gasteiger partial charge in [-0.15, -0.1) is 0 Å². The van der Waals surface area contributed by atoms with E-state index in [-0.39, 0.29) is 73.3 Å². The Morgan fingerprint density at radius 1 is 0.756 bits per heavy atom. The van der Waals surface area contributed by atoms with Crippen LogP contribution in [0.3, 0.4) is 0 Å². The Labute approximate surface area is 313 Å². The molecule has 9 heteroatoms. The van der Waals surface area contributed by atoms with E-state index < -0.39 is 16.0 Å². The van der Waals surface area contributed by atoms with Crippen LogP contribution in [0.25, 0.3) is 10.8 Å². The molecule has 0 saturated carbocycles. The molecule has 0 bridgehead atoms. The second kappa shape index (κ2) is 21.4. The van der Waals surface area contributed by atoms with Gasteiger partial charge in [0.1, 0.15) is 5.75 Å². The SMILES string of the molecule is CCCCCCCCCCCCCCCCCCN(C)c1ccc(S(=O)(=O)O)cc1NC(=O)c1ccc2ccccc2c1O.[KH]. The van der Waals surface area contributed by atoms with Crippen LogP contribution in [0, 0.1) is 0 Å². The van der Waals surface area contributed by atoms with E-state index >= 15 is 0 Å². The molecule has 0 saturated heterocycles. The zero-order chi connectivity index (χ0) is 31.8. The molecule has 0 heterocycles. The van der Waals surface area contributed by atoms with E-state index in [1.54, 1.807) is 30.3 Å². The number of aromatic hydroxyl groups is 1. The third-order valence-corrected chi connectivity index (χ3v) is 9.27. The first-order valence-corrected chi connectivity index (χ1v) is 18.0. The van der Waals surface area contributed by atoms with Gasteiger partial charge >= 0.3 is 51.4 Å². The van der Waals surface area contributed by atoms with Gasteiger partial charge in [0, 0.05) is 19.0 Å². The average molecular weight is 665 g/mol. The number of amides is 1. The second-order valence-electron chi connectivity index (χ2n) is 12.0. The number of phenols is 1. The summed E-state index contributed by atoms with van der Waals surface area (Å²) in [6.07, 6.45) is 20.8. The minimum atomic E-state index is -4.47. The Bertz CT molecular complexity index is 1430. The van der Waals surface area contributed by atoms with E-state index in [0.29, 0.717) is 11.1 Å². The molecule has 45 heavy (non-hydrogen) atoms. The van der Waals surface area contributed by atoms with Gasteiger partial charge in [-0.05, 0) is 36.1 Å². The molecular formula is C36H53KN2O5S. The van der Waals surface area contributed by atoms with Gasteiger partial charge in [0.2, 0.25) is 0 Å². The number of hydrogen-bond acceptors (Lipinski definition) is 5. The number of carbonyl (C=O) groups is 1. The molecule has 0 unspecified atom stereocenters. The summed E-state index contributed by atoms with van der Waals surface area (Å²) in [6.45, 7) is 2.99. The van der Waals surface area contributed by atoms with Gasteiger partial charge in [-0.2, -0.15) is 8.42 Å². The van der Waals surface area contributed by atoms with Crippen LogP contribution in [-0.2, 0) is 10.1 Å². The van der Waals surface area contributed by atoms with Crippen molar-refractivity contribution in [2.75, 3.05) is 23.8 Å². The molecule has 0 radical (unpaired) electrons. The van der Waals surface area contributed by atoms with Crippen molar-refractivity contribution >= 4 is 89.6 Å². The van der Waals surface area contributed by atoms with E-state index in [1.165, 1.54) is 102 Å². The fourth-order valence-electron chi connectivity index (χ4n) is 5.75. The maximum atomic E-state index is 13.2. The third kappa shape index (κ3) is 13.7. The van der Waals surface area contributed by atoms with Gasteiger partial charge in [-0.1, -0.05) is 134 Å². The quantitative estimate of drug-likeness (QED) is 0.0596. The van der Waals surface area contributed by atoms with E-state index in [2.05, 4.69) is 12.2 Å². The van der Waals surface area contributed by atoms with Crippen molar-refractivity contribution in [3.05, 3.63) is 60.2 Å². The normalized spacial score (nSPS) is 11.4. The van der Waals surface area contributed by atoms with E-state index in [1.807, 2.05) is 24.1 Å². The number of nitrogens with one attached hydrogen (secondary N) is 1. The van der Waals surface area contributed by atoms with Crippen LogP contribution in [0.2, 0.25) is 0 Å². The molecule has 0 fully saturated rings. The van der Waals surface area contributed by atoms with Gasteiger partial charge in [0.25, 0.3) is 16.0 Å². The van der Waals surface area contributed by atoms with Gasteiger partial charge < -0.3 is 15.3 Å². The Morgan fingerprint density at radius 3 is 1.84 bits per heavy atom. The Kier molecular flexibility index (Phi) is 18.9. The monoisotopic (exact) mass is 664 g/mol. The summed E-state index contributed by atoms with van der Waals surface area (Å²) in [5.74, 6) is -0.715. The molecule has 0 spiro atoms. The molecule has 3 N–H and O–H groups in total. The van der Waals surface area contributed by atoms with Crippen LogP contribution in [0.1, 0.15) is 120 Å². The third-order valence-electron chi connectivity index (χ3n) is 8.42. The molecule has 0 atom stereocenters. The molecule has 3 rings (SSSR count). The molecule has 0 aliphatic heterocycles. The van der Waals surface area contributed by atoms with Gasteiger partial charge in [0.05, 0.1) is 21.8 Å². The van der Waals surface area contributed by atoms with Crippen molar-refractivity contribution in [1.29, 1.82) is 0 Å². The second-order valence-corrected chi connectivity index (χ2v) is 13.4. The van der Waals surface area contributed by atoms with Crippen molar-refractivity contribution in [3.63, 3.8) is 0 Å². The summed E-state index contributed by atoms with van der Waals surface area (Å²) in [5.41, 5.74) is 0.955. The van der Waals surface area contributed by atoms with Gasteiger partial charge in [0.15, 0.2) is 0 Å². The van der Waals surface area contributed by atoms with Crippen LogP contribution in [-0.4, -0.2) is 89.0 Å². The molecule has 0 aliphatic carbocycles. The molecular weight excluding hydrogens is 612 g/mol. The van der Waals surface area contributed by atoms with Crippen molar-refractivity contribution in [1.82, 2.24) is 0 Å². The van der Waals surface area contributed by atoms with Crippen molar-refractivity contribution in [2.24, 2.45) is 0 Å². The number of unbranched alkanes of at least 4 members (excludes halogenated alkanes) is 15. The molecule has 244 valence electrons. The first-order valence-electron chi connectivity index (χ1n) is 16.6. The summed E-state index contributed by atoms with van der Waals surface area (Å²) in [7, 11) is -2.57. The number of benzene rings is 3. The standard InChI is InChI=1S/C36H52N2O5S.K.H/c1-3-4-5-6-7-8-9-10-11-12-13-14-15-16-17-20-27-38(2)34-26-24-30(44(41,42)43)28-33(34)37-36(40)32-25-23-29-21-18-19-22-31(29)35(32)39;;/h18-19,21-26,28,39H,3-17,20,27H2,1-2H3,(H,37,40)(H,41,42,43);;. The zero-order valence-corrected chi connectivity index (χ0v) is 27.5. The Morgan fingerprint density at radius 2 is 1.29 bits per heavy atom. The van der Waals surface area contributed by atoms with E-state index in [4.69, 9.17) is 0 Å². The van der Waals surface area contributed by atoms with Crippen LogP contribution in [0.5, 0.6) is 5.75 Å². The van der Waals surface area contributed by atoms with Crippen LogP contribution < -0.4 is 10.2 Å². The van der Waals surface area contributed by atoms with Gasteiger partial charge in [-0.3, -0.25) is 9.35 Å². The summed E-state index contributed by atoms with van der Waals surface area (Å²) < 4.78 is 33.3. The van der Waals surface area contributed by atoms with Crippen molar-refractivity contribution in [2.45, 2.75) is 115 Å². The molecule has 1 amide bonds. The zero-order valence-electron chi connectivity index (χ0n) is 26.7. The molecule has 7 nitrogen and oxygen atoms in total. The summed E-state index contributed by atoms with van der Waals surface area (Å²) in [6, 6.07) is 14.7. The van der Waals surface area contributed by atoms with Crippen molar-refractivity contribution in [3.8, 4) is 5.75 Å². The number of hydrogen-bond donors (Lipinski definition) is 3. The first-order chi connectivity index (χ1) is 21.2. The predicted molar refractivity (Wildman–Crippen MR) is 190 cm³/mol. The Balaban J connectivity index is 0.00000705. The fourth-order valence-corrected chi connectivity index (χ4v) is 6.26. The topological polar surface area (TPSA) is 107 Å². The van der Waals surface area contributed by atoms with Crippen LogP contribution in [0.4, 0.5) is 11.4 Å². The molecule has 0 aromatic heterocycles. The number of carbonyl (C=O) groups excluding carboxylic acids is 1. The summed E-state index contributed by atoms with van der Waals surface area (Å²) in [4.78, 5) is 14.9. The number of phenolic OH excluding ortho intramolecular Hbond substituents is 1. The predicted octanol–water partition coefficient (Wildman–Crippen LogP) is 9.09. The number of anilines is 2. The fraction of sp³-hybridized carbons (Fsp3) is 0.528. The number of fused-ring (bicyclic) bond motifs is 1.